The molecule has 0 aromatic heterocycles. The van der Waals surface area contributed by atoms with Crippen LogP contribution in [0, 0.1) is 23.7 Å². The van der Waals surface area contributed by atoms with E-state index in [4.69, 9.17) is 21.1 Å². The Labute approximate surface area is 181 Å². The van der Waals surface area contributed by atoms with E-state index in [0.29, 0.717) is 23.4 Å². The summed E-state index contributed by atoms with van der Waals surface area (Å²) in [5.74, 6) is -1.01. The number of anilines is 1. The lowest BCUT2D eigenvalue weighted by atomic mass is 9.79. The summed E-state index contributed by atoms with van der Waals surface area (Å²) in [5.41, 5.74) is 6.25. The average Bonchev–Trinajstić information content (AvgIpc) is 3.12. The van der Waals surface area contributed by atoms with Gasteiger partial charge in [0.2, 0.25) is 0 Å². The Kier molecular flexibility index (Phi) is 5.45. The molecule has 2 saturated carbocycles. The van der Waals surface area contributed by atoms with Crippen LogP contribution in [0.5, 0.6) is 0 Å². The second-order valence-electron chi connectivity index (χ2n) is 8.33. The molecule has 1 saturated heterocycles. The smallest absolute Gasteiger partial charge is 0.334 e. The first-order chi connectivity index (χ1) is 14.3. The molecule has 0 amide bonds. The van der Waals surface area contributed by atoms with Gasteiger partial charge in [-0.2, -0.15) is 5.10 Å². The number of hydrazone groups is 1. The Morgan fingerprint density at radius 1 is 1.33 bits per heavy atom. The highest BCUT2D eigenvalue weighted by atomic mass is 35.5. The number of nitrogens with zero attached hydrogens (tertiary/aromatic N) is 1. The number of halogens is 1. The largest absolute Gasteiger partial charge is 0.461 e. The second kappa shape index (κ2) is 7.91. The predicted octanol–water partition coefficient (Wildman–Crippen LogP) is 4.37. The Bertz CT molecular complexity index is 956. The molecule has 0 spiro atoms. The van der Waals surface area contributed by atoms with Crippen molar-refractivity contribution in [3.05, 3.63) is 53.6 Å². The van der Waals surface area contributed by atoms with E-state index in [1.807, 2.05) is 18.2 Å². The van der Waals surface area contributed by atoms with Crippen molar-refractivity contribution in [1.82, 2.24) is 0 Å². The van der Waals surface area contributed by atoms with Crippen molar-refractivity contribution in [1.29, 1.82) is 0 Å². The highest BCUT2D eigenvalue weighted by Gasteiger charge is 2.57. The third-order valence-electron chi connectivity index (χ3n) is 6.50. The van der Waals surface area contributed by atoms with E-state index in [9.17, 15) is 9.59 Å². The molecule has 4 rings (SSSR count). The summed E-state index contributed by atoms with van der Waals surface area (Å²) in [6, 6.07) is 7.37. The molecular weight excluding hydrogens is 404 g/mol. The Morgan fingerprint density at radius 3 is 2.80 bits per heavy atom. The van der Waals surface area contributed by atoms with E-state index in [1.54, 1.807) is 6.07 Å². The van der Waals surface area contributed by atoms with Gasteiger partial charge in [0.05, 0.1) is 11.6 Å². The number of fused-ring (bicyclic) bond motifs is 3. The maximum atomic E-state index is 12.3. The SMILES string of the molecule is C=C1C(=O)O[C@H]2[C@H]1[C@H](OC(C)=O)CC(=C)[C@@H]1CC(=NNc3cccc(Cl)c3)[C@H](C)[C@H]21. The molecular formula is C23H25ClN2O4. The highest BCUT2D eigenvalue weighted by molar-refractivity contribution is 6.30. The summed E-state index contributed by atoms with van der Waals surface area (Å²) in [5, 5.41) is 5.28. The standard InChI is InChI=1S/C23H25ClN2O4/c1-11-8-19(29-14(4)27)21-13(3)23(28)30-22(21)20-12(2)18(10-17(11)20)26-25-16-7-5-6-15(24)9-16/h5-7,9,12,17,19-22,25H,1,3,8,10H2,2,4H3/t12-,17-,19+,20-,21+,22+/m0/s1. The van der Waals surface area contributed by atoms with Crippen LogP contribution in [0.15, 0.2) is 53.7 Å². The van der Waals surface area contributed by atoms with Crippen molar-refractivity contribution >= 4 is 34.9 Å². The minimum atomic E-state index is -0.485. The topological polar surface area (TPSA) is 77.0 Å². The number of carbonyl (C=O) groups excluding carboxylic acids is 2. The summed E-state index contributed by atoms with van der Waals surface area (Å²) in [7, 11) is 0. The number of ether oxygens (including phenoxy) is 2. The fourth-order valence-electron chi connectivity index (χ4n) is 5.12. The van der Waals surface area contributed by atoms with Gasteiger partial charge in [0.1, 0.15) is 12.2 Å². The maximum Gasteiger partial charge on any atom is 0.334 e. The van der Waals surface area contributed by atoms with Crippen LogP contribution in [0.4, 0.5) is 5.69 Å². The lowest BCUT2D eigenvalue weighted by Gasteiger charge is -2.29. The van der Waals surface area contributed by atoms with Gasteiger partial charge in [-0.15, -0.1) is 0 Å². The van der Waals surface area contributed by atoms with Crippen molar-refractivity contribution in [2.75, 3.05) is 5.43 Å². The van der Waals surface area contributed by atoms with E-state index in [1.165, 1.54) is 6.92 Å². The summed E-state index contributed by atoms with van der Waals surface area (Å²) >= 11 is 6.05. The number of esters is 2. The van der Waals surface area contributed by atoms with Gasteiger partial charge in [0.15, 0.2) is 0 Å². The molecule has 0 radical (unpaired) electrons. The van der Waals surface area contributed by atoms with Crippen LogP contribution in [0.25, 0.3) is 0 Å². The van der Waals surface area contributed by atoms with Crippen molar-refractivity contribution in [2.24, 2.45) is 28.8 Å². The molecule has 3 aliphatic rings. The summed E-state index contributed by atoms with van der Waals surface area (Å²) in [6.45, 7) is 11.7. The minimum Gasteiger partial charge on any atom is -0.461 e. The van der Waals surface area contributed by atoms with E-state index in [0.717, 1.165) is 17.0 Å². The highest BCUT2D eigenvalue weighted by Crippen LogP contribution is 2.52. The number of rotatable bonds is 3. The lowest BCUT2D eigenvalue weighted by molar-refractivity contribution is -0.150. The Morgan fingerprint density at radius 2 is 2.10 bits per heavy atom. The molecule has 3 fully saturated rings. The first kappa shape index (κ1) is 20.7. The quantitative estimate of drug-likeness (QED) is 0.335. The van der Waals surface area contributed by atoms with Gasteiger partial charge in [-0.3, -0.25) is 10.2 Å². The van der Waals surface area contributed by atoms with Crippen LogP contribution < -0.4 is 5.43 Å². The van der Waals surface area contributed by atoms with Crippen LogP contribution in [-0.4, -0.2) is 29.9 Å². The molecule has 1 aliphatic heterocycles. The van der Waals surface area contributed by atoms with Gasteiger partial charge >= 0.3 is 11.9 Å². The molecule has 2 aliphatic carbocycles. The normalized spacial score (nSPS) is 34.2. The fourth-order valence-corrected chi connectivity index (χ4v) is 5.31. The molecule has 1 N–H and O–H groups in total. The second-order valence-corrected chi connectivity index (χ2v) is 8.77. The average molecular weight is 429 g/mol. The van der Waals surface area contributed by atoms with E-state index in [-0.39, 0.29) is 29.6 Å². The number of carbonyl (C=O) groups is 2. The zero-order chi connectivity index (χ0) is 21.6. The summed E-state index contributed by atoms with van der Waals surface area (Å²) < 4.78 is 11.3. The summed E-state index contributed by atoms with van der Waals surface area (Å²) in [4.78, 5) is 24.0. The number of benzene rings is 1. The summed E-state index contributed by atoms with van der Waals surface area (Å²) in [6.07, 6.45) is 0.298. The van der Waals surface area contributed by atoms with Crippen molar-refractivity contribution in [3.63, 3.8) is 0 Å². The maximum absolute atomic E-state index is 12.3. The van der Waals surface area contributed by atoms with E-state index in [2.05, 4.69) is 30.6 Å². The predicted molar refractivity (Wildman–Crippen MR) is 115 cm³/mol. The molecule has 1 heterocycles. The first-order valence-electron chi connectivity index (χ1n) is 10.1. The van der Waals surface area contributed by atoms with Gasteiger partial charge in [0, 0.05) is 41.5 Å². The van der Waals surface area contributed by atoms with Crippen LogP contribution >= 0.6 is 11.6 Å². The van der Waals surface area contributed by atoms with Gasteiger partial charge in [0.25, 0.3) is 0 Å². The number of nitrogens with one attached hydrogen (secondary N) is 1. The molecule has 1 aromatic rings. The van der Waals surface area contributed by atoms with E-state index < -0.39 is 18.2 Å². The van der Waals surface area contributed by atoms with Crippen molar-refractivity contribution in [3.8, 4) is 0 Å². The number of hydrogen-bond donors (Lipinski definition) is 1. The fraction of sp³-hybridized carbons (Fsp3) is 0.435. The number of hydrogen-bond acceptors (Lipinski definition) is 6. The first-order valence-corrected chi connectivity index (χ1v) is 10.5. The third-order valence-corrected chi connectivity index (χ3v) is 6.73. The molecule has 0 bridgehead atoms. The van der Waals surface area contributed by atoms with Crippen molar-refractivity contribution in [2.45, 2.75) is 38.9 Å². The van der Waals surface area contributed by atoms with Gasteiger partial charge in [-0.1, -0.05) is 43.3 Å². The van der Waals surface area contributed by atoms with Crippen LogP contribution in [0.1, 0.15) is 26.7 Å². The monoisotopic (exact) mass is 428 g/mol. The van der Waals surface area contributed by atoms with Gasteiger partial charge in [-0.25, -0.2) is 4.79 Å². The molecule has 1 aromatic carbocycles. The van der Waals surface area contributed by atoms with Crippen LogP contribution in [-0.2, 0) is 19.1 Å². The molecule has 0 unspecified atom stereocenters. The van der Waals surface area contributed by atoms with Gasteiger partial charge in [-0.05, 0) is 30.5 Å². The zero-order valence-electron chi connectivity index (χ0n) is 17.1. The molecule has 6 nitrogen and oxygen atoms in total. The molecule has 7 heteroatoms. The minimum absolute atomic E-state index is 0.00571. The molecule has 30 heavy (non-hydrogen) atoms. The molecule has 6 atom stereocenters. The lowest BCUT2D eigenvalue weighted by Crippen LogP contribution is -2.37. The third kappa shape index (κ3) is 3.65. The van der Waals surface area contributed by atoms with Crippen LogP contribution in [0.2, 0.25) is 5.02 Å². The van der Waals surface area contributed by atoms with E-state index >= 15 is 0 Å². The van der Waals surface area contributed by atoms with Gasteiger partial charge < -0.3 is 9.47 Å². The molecule has 158 valence electrons. The Hall–Kier alpha value is -2.60. The van der Waals surface area contributed by atoms with Crippen molar-refractivity contribution < 1.29 is 19.1 Å². The van der Waals surface area contributed by atoms with Crippen LogP contribution in [0.3, 0.4) is 0 Å². The Balaban J connectivity index is 1.63. The zero-order valence-corrected chi connectivity index (χ0v) is 17.8.